The van der Waals surface area contributed by atoms with E-state index in [-0.39, 0.29) is 23.8 Å². The fourth-order valence-corrected chi connectivity index (χ4v) is 3.96. The molecule has 0 bridgehead atoms. The van der Waals surface area contributed by atoms with Crippen LogP contribution in [0.4, 0.5) is 5.69 Å². The van der Waals surface area contributed by atoms with Gasteiger partial charge < -0.3 is 5.32 Å². The molecule has 0 radical (unpaired) electrons. The first-order valence-electron chi connectivity index (χ1n) is 9.48. The maximum atomic E-state index is 12.9. The van der Waals surface area contributed by atoms with Crippen LogP contribution in [0, 0.1) is 12.3 Å². The summed E-state index contributed by atoms with van der Waals surface area (Å²) in [7, 11) is 0. The van der Waals surface area contributed by atoms with Gasteiger partial charge in [0.1, 0.15) is 0 Å². The van der Waals surface area contributed by atoms with Crippen molar-refractivity contribution >= 4 is 23.4 Å². The largest absolute Gasteiger partial charge is 0.322 e. The summed E-state index contributed by atoms with van der Waals surface area (Å²) in [6.07, 6.45) is 10.3. The number of carbonyl (C=O) groups is 3. The smallest absolute Gasteiger partial charge is 0.261 e. The van der Waals surface area contributed by atoms with Crippen LogP contribution < -0.4 is 5.32 Å². The first kappa shape index (κ1) is 18.0. The topological polar surface area (TPSA) is 66.5 Å². The maximum absolute atomic E-state index is 12.9. The number of rotatable bonds is 3. The molecule has 1 aliphatic carbocycles. The van der Waals surface area contributed by atoms with Crippen LogP contribution in [0.2, 0.25) is 0 Å². The predicted octanol–water partition coefficient (Wildman–Crippen LogP) is 3.85. The van der Waals surface area contributed by atoms with E-state index in [1.165, 1.54) is 11.0 Å². The monoisotopic (exact) mass is 372 g/mol. The van der Waals surface area contributed by atoms with E-state index in [0.717, 1.165) is 32.1 Å². The number of imide groups is 1. The van der Waals surface area contributed by atoms with Gasteiger partial charge in [-0.3, -0.25) is 19.3 Å². The Labute approximate surface area is 163 Å². The fourth-order valence-electron chi connectivity index (χ4n) is 3.96. The van der Waals surface area contributed by atoms with Crippen LogP contribution in [0.25, 0.3) is 0 Å². The third-order valence-corrected chi connectivity index (χ3v) is 5.41. The van der Waals surface area contributed by atoms with Gasteiger partial charge in [-0.25, -0.2) is 0 Å². The Hall–Kier alpha value is -3.39. The summed E-state index contributed by atoms with van der Waals surface area (Å²) in [4.78, 5) is 39.6. The van der Waals surface area contributed by atoms with Gasteiger partial charge in [0.2, 0.25) is 0 Å². The SMILES string of the molecule is C#Cc1cccc(NC(=O)c2ccc3c(c2)C(=O)N(C2CCCCC2)C3=O)c1. The highest BCUT2D eigenvalue weighted by molar-refractivity contribution is 6.22. The molecule has 2 aromatic rings. The van der Waals surface area contributed by atoms with Gasteiger partial charge in [0.15, 0.2) is 0 Å². The molecular formula is C23H20N2O3. The quantitative estimate of drug-likeness (QED) is 0.657. The minimum Gasteiger partial charge on any atom is -0.322 e. The zero-order chi connectivity index (χ0) is 19.7. The summed E-state index contributed by atoms with van der Waals surface area (Å²) in [6, 6.07) is 11.6. The van der Waals surface area contributed by atoms with E-state index in [1.54, 1.807) is 36.4 Å². The standard InChI is InChI=1S/C23H20N2O3/c1-2-15-7-6-8-17(13-15)24-21(26)16-11-12-19-20(14-16)23(28)25(22(19)27)18-9-4-3-5-10-18/h1,6-8,11-14,18H,3-5,9-10H2,(H,24,26). The van der Waals surface area contributed by atoms with Crippen molar-refractivity contribution in [2.45, 2.75) is 38.1 Å². The van der Waals surface area contributed by atoms with Crippen molar-refractivity contribution in [3.63, 3.8) is 0 Å². The van der Waals surface area contributed by atoms with Gasteiger partial charge in [0.25, 0.3) is 17.7 Å². The Kier molecular flexibility index (Phi) is 4.70. The Morgan fingerprint density at radius 2 is 1.75 bits per heavy atom. The molecule has 1 aliphatic heterocycles. The van der Waals surface area contributed by atoms with Crippen molar-refractivity contribution in [3.8, 4) is 12.3 Å². The average molecular weight is 372 g/mol. The molecule has 28 heavy (non-hydrogen) atoms. The molecule has 2 aliphatic rings. The third-order valence-electron chi connectivity index (χ3n) is 5.41. The number of fused-ring (bicyclic) bond motifs is 1. The van der Waals surface area contributed by atoms with Crippen LogP contribution in [0.5, 0.6) is 0 Å². The lowest BCUT2D eigenvalue weighted by atomic mass is 9.94. The molecule has 5 nitrogen and oxygen atoms in total. The average Bonchev–Trinajstić information content (AvgIpc) is 2.98. The number of hydrogen-bond acceptors (Lipinski definition) is 3. The minimum absolute atomic E-state index is 0.0371. The Morgan fingerprint density at radius 3 is 2.50 bits per heavy atom. The second-order valence-electron chi connectivity index (χ2n) is 7.21. The summed E-state index contributed by atoms with van der Waals surface area (Å²) < 4.78 is 0. The van der Waals surface area contributed by atoms with Crippen molar-refractivity contribution in [3.05, 3.63) is 64.7 Å². The molecule has 0 atom stereocenters. The normalized spacial score (nSPS) is 16.6. The lowest BCUT2D eigenvalue weighted by molar-refractivity contribution is 0.0549. The molecule has 5 heteroatoms. The highest BCUT2D eigenvalue weighted by Crippen LogP contribution is 2.31. The number of amides is 3. The zero-order valence-corrected chi connectivity index (χ0v) is 15.4. The molecule has 2 aromatic carbocycles. The highest BCUT2D eigenvalue weighted by atomic mass is 16.2. The van der Waals surface area contributed by atoms with E-state index in [0.29, 0.717) is 27.9 Å². The Balaban J connectivity index is 1.57. The van der Waals surface area contributed by atoms with Crippen LogP contribution in [-0.2, 0) is 0 Å². The van der Waals surface area contributed by atoms with Gasteiger partial charge in [-0.05, 0) is 49.2 Å². The second-order valence-corrected chi connectivity index (χ2v) is 7.21. The molecule has 1 saturated carbocycles. The molecule has 0 saturated heterocycles. The number of nitrogens with one attached hydrogen (secondary N) is 1. The van der Waals surface area contributed by atoms with E-state index in [1.807, 2.05) is 0 Å². The number of nitrogens with zero attached hydrogens (tertiary/aromatic N) is 1. The second kappa shape index (κ2) is 7.32. The number of hydrogen-bond donors (Lipinski definition) is 1. The fraction of sp³-hybridized carbons (Fsp3) is 0.261. The first-order chi connectivity index (χ1) is 13.6. The van der Waals surface area contributed by atoms with Crippen molar-refractivity contribution in [1.29, 1.82) is 0 Å². The van der Waals surface area contributed by atoms with Crippen LogP contribution in [0.3, 0.4) is 0 Å². The number of terminal acetylenes is 1. The molecule has 4 rings (SSSR count). The summed E-state index contributed by atoms with van der Waals surface area (Å²) in [5.74, 6) is 1.62. The van der Waals surface area contributed by atoms with Gasteiger partial charge in [0, 0.05) is 22.9 Å². The van der Waals surface area contributed by atoms with Crippen LogP contribution in [0.1, 0.15) is 68.7 Å². The highest BCUT2D eigenvalue weighted by Gasteiger charge is 2.40. The van der Waals surface area contributed by atoms with Gasteiger partial charge in [-0.2, -0.15) is 0 Å². The number of carbonyl (C=O) groups excluding carboxylic acids is 3. The lowest BCUT2D eigenvalue weighted by Gasteiger charge is -2.29. The van der Waals surface area contributed by atoms with Crippen LogP contribution in [-0.4, -0.2) is 28.7 Å². The summed E-state index contributed by atoms with van der Waals surface area (Å²) >= 11 is 0. The Morgan fingerprint density at radius 1 is 1.00 bits per heavy atom. The zero-order valence-electron chi connectivity index (χ0n) is 15.4. The van der Waals surface area contributed by atoms with Crippen LogP contribution >= 0.6 is 0 Å². The number of benzene rings is 2. The van der Waals surface area contributed by atoms with E-state index in [9.17, 15) is 14.4 Å². The summed E-state index contributed by atoms with van der Waals surface area (Å²) in [5.41, 5.74) is 2.25. The molecule has 3 amide bonds. The number of anilines is 1. The van der Waals surface area contributed by atoms with Crippen molar-refractivity contribution in [2.24, 2.45) is 0 Å². The van der Waals surface area contributed by atoms with Crippen LogP contribution in [0.15, 0.2) is 42.5 Å². The van der Waals surface area contributed by atoms with E-state index in [4.69, 9.17) is 6.42 Å². The predicted molar refractivity (Wildman–Crippen MR) is 106 cm³/mol. The first-order valence-corrected chi connectivity index (χ1v) is 9.48. The lowest BCUT2D eigenvalue weighted by Crippen LogP contribution is -2.40. The molecule has 1 N–H and O–H groups in total. The van der Waals surface area contributed by atoms with Crippen molar-refractivity contribution < 1.29 is 14.4 Å². The van der Waals surface area contributed by atoms with E-state index >= 15 is 0 Å². The van der Waals surface area contributed by atoms with Gasteiger partial charge >= 0.3 is 0 Å². The summed E-state index contributed by atoms with van der Waals surface area (Å²) in [6.45, 7) is 0. The van der Waals surface area contributed by atoms with E-state index < -0.39 is 0 Å². The molecule has 140 valence electrons. The minimum atomic E-state index is -0.353. The summed E-state index contributed by atoms with van der Waals surface area (Å²) in [5, 5.41) is 2.78. The molecule has 0 aromatic heterocycles. The molecule has 1 fully saturated rings. The molecule has 0 unspecified atom stereocenters. The van der Waals surface area contributed by atoms with E-state index in [2.05, 4.69) is 11.2 Å². The Bertz CT molecular complexity index is 1010. The third kappa shape index (κ3) is 3.18. The van der Waals surface area contributed by atoms with Crippen molar-refractivity contribution in [2.75, 3.05) is 5.32 Å². The maximum Gasteiger partial charge on any atom is 0.261 e. The van der Waals surface area contributed by atoms with Gasteiger partial charge in [-0.15, -0.1) is 6.42 Å². The molecule has 1 heterocycles. The molecule has 0 spiro atoms. The van der Waals surface area contributed by atoms with Gasteiger partial charge in [-0.1, -0.05) is 31.2 Å². The van der Waals surface area contributed by atoms with Crippen molar-refractivity contribution in [1.82, 2.24) is 4.90 Å². The molecular weight excluding hydrogens is 352 g/mol. The van der Waals surface area contributed by atoms with Gasteiger partial charge in [0.05, 0.1) is 11.1 Å².